The summed E-state index contributed by atoms with van der Waals surface area (Å²) in [7, 11) is 0. The van der Waals surface area contributed by atoms with Crippen LogP contribution in [-0.2, 0) is 4.79 Å². The van der Waals surface area contributed by atoms with Gasteiger partial charge in [0.05, 0.1) is 11.5 Å². The minimum Gasteiger partial charge on any atom is -0.379 e. The van der Waals surface area contributed by atoms with Crippen LogP contribution >= 0.6 is 0 Å². The van der Waals surface area contributed by atoms with Gasteiger partial charge in [-0.3, -0.25) is 14.9 Å². The summed E-state index contributed by atoms with van der Waals surface area (Å²) < 4.78 is 0. The number of benzene rings is 1. The van der Waals surface area contributed by atoms with E-state index < -0.39 is 10.8 Å². The topological polar surface area (TPSA) is 110 Å². The highest BCUT2D eigenvalue weighted by Crippen LogP contribution is 2.32. The molecule has 0 aromatic heterocycles. The van der Waals surface area contributed by atoms with E-state index in [-0.39, 0.29) is 17.9 Å². The lowest BCUT2D eigenvalue weighted by molar-refractivity contribution is -0.383. The van der Waals surface area contributed by atoms with Crippen molar-refractivity contribution in [1.29, 1.82) is 0 Å². The molecule has 0 saturated heterocycles. The maximum absolute atomic E-state index is 11.1. The lowest BCUT2D eigenvalue weighted by atomic mass is 10.2. The van der Waals surface area contributed by atoms with Gasteiger partial charge in [0, 0.05) is 6.54 Å². The van der Waals surface area contributed by atoms with E-state index in [1.165, 1.54) is 6.07 Å². The molecule has 98 valence electrons. The minimum atomic E-state index is -0.573. The van der Waals surface area contributed by atoms with Crippen molar-refractivity contribution in [3.8, 4) is 0 Å². The van der Waals surface area contributed by atoms with Crippen molar-refractivity contribution < 1.29 is 9.72 Å². The van der Waals surface area contributed by atoms with Crippen LogP contribution in [0.25, 0.3) is 0 Å². The Hall–Kier alpha value is -2.31. The fourth-order valence-electron chi connectivity index (χ4n) is 1.47. The Morgan fingerprint density at radius 3 is 2.50 bits per heavy atom. The molecule has 1 aromatic rings. The number of primary amides is 1. The molecule has 18 heavy (non-hydrogen) atoms. The van der Waals surface area contributed by atoms with Crippen LogP contribution in [-0.4, -0.2) is 23.9 Å². The van der Waals surface area contributed by atoms with Crippen molar-refractivity contribution in [2.75, 3.05) is 23.7 Å². The molecule has 0 aliphatic carbocycles. The van der Waals surface area contributed by atoms with E-state index in [4.69, 9.17) is 5.73 Å². The number of nitro groups is 1. The van der Waals surface area contributed by atoms with Crippen LogP contribution in [0.5, 0.6) is 0 Å². The van der Waals surface area contributed by atoms with Gasteiger partial charge >= 0.3 is 5.69 Å². The van der Waals surface area contributed by atoms with E-state index in [9.17, 15) is 14.9 Å². The molecule has 0 spiro atoms. The van der Waals surface area contributed by atoms with E-state index in [1.54, 1.807) is 12.1 Å². The van der Waals surface area contributed by atoms with E-state index >= 15 is 0 Å². The Balaban J connectivity index is 3.01. The number of rotatable bonds is 7. The molecule has 4 N–H and O–H groups in total. The molecule has 0 unspecified atom stereocenters. The number of nitrogens with zero attached hydrogens (tertiary/aromatic N) is 1. The Morgan fingerprint density at radius 2 is 2.00 bits per heavy atom. The summed E-state index contributed by atoms with van der Waals surface area (Å²) in [4.78, 5) is 21.3. The van der Waals surface area contributed by atoms with Gasteiger partial charge in [-0.1, -0.05) is 13.0 Å². The molecule has 7 nitrogen and oxygen atoms in total. The van der Waals surface area contributed by atoms with Gasteiger partial charge in [0.25, 0.3) is 0 Å². The summed E-state index contributed by atoms with van der Waals surface area (Å²) in [5.74, 6) is -0.573. The maximum Gasteiger partial charge on any atom is 0.315 e. The number of nitro benzene ring substituents is 1. The molecule has 1 amide bonds. The average molecular weight is 252 g/mol. The van der Waals surface area contributed by atoms with E-state index in [0.717, 1.165) is 6.42 Å². The predicted octanol–water partition coefficient (Wildman–Crippen LogP) is 1.31. The highest BCUT2D eigenvalue weighted by molar-refractivity contribution is 5.82. The van der Waals surface area contributed by atoms with Crippen LogP contribution in [0.15, 0.2) is 18.2 Å². The number of hydrogen-bond donors (Lipinski definition) is 3. The highest BCUT2D eigenvalue weighted by Gasteiger charge is 2.19. The molecule has 0 aliphatic heterocycles. The van der Waals surface area contributed by atoms with Crippen LogP contribution in [0.4, 0.5) is 17.1 Å². The number of para-hydroxylation sites is 1. The molecule has 0 aliphatic rings. The summed E-state index contributed by atoms with van der Waals surface area (Å²) in [5.41, 5.74) is 5.63. The maximum atomic E-state index is 11.1. The fraction of sp³-hybridized carbons (Fsp3) is 0.364. The second-order valence-electron chi connectivity index (χ2n) is 3.71. The van der Waals surface area contributed by atoms with Crippen LogP contribution in [0, 0.1) is 10.1 Å². The van der Waals surface area contributed by atoms with Crippen molar-refractivity contribution in [3.63, 3.8) is 0 Å². The number of nitrogens with two attached hydrogens (primary N) is 1. The molecule has 0 fully saturated rings. The number of hydrogen-bond acceptors (Lipinski definition) is 5. The fourth-order valence-corrected chi connectivity index (χ4v) is 1.47. The Bertz CT molecular complexity index is 448. The van der Waals surface area contributed by atoms with Gasteiger partial charge in [0.1, 0.15) is 11.4 Å². The Labute approximate surface area is 105 Å². The van der Waals surface area contributed by atoms with Crippen molar-refractivity contribution in [2.24, 2.45) is 5.73 Å². The molecule has 0 saturated carbocycles. The van der Waals surface area contributed by atoms with Crippen molar-refractivity contribution in [3.05, 3.63) is 28.3 Å². The van der Waals surface area contributed by atoms with Crippen LogP contribution < -0.4 is 16.4 Å². The number of nitrogens with one attached hydrogen (secondary N) is 2. The third kappa shape index (κ3) is 3.62. The first-order valence-corrected chi connectivity index (χ1v) is 5.59. The highest BCUT2D eigenvalue weighted by atomic mass is 16.6. The second-order valence-corrected chi connectivity index (χ2v) is 3.71. The van der Waals surface area contributed by atoms with Crippen molar-refractivity contribution in [1.82, 2.24) is 0 Å². The summed E-state index contributed by atoms with van der Waals surface area (Å²) >= 11 is 0. The number of carbonyl (C=O) groups excluding carboxylic acids is 1. The quantitative estimate of drug-likeness (QED) is 0.500. The molecular formula is C11H16N4O3. The van der Waals surface area contributed by atoms with Gasteiger partial charge in [-0.25, -0.2) is 0 Å². The molecule has 7 heteroatoms. The zero-order valence-corrected chi connectivity index (χ0v) is 10.1. The summed E-state index contributed by atoms with van der Waals surface area (Å²) in [6.45, 7) is 2.46. The zero-order valence-electron chi connectivity index (χ0n) is 10.1. The van der Waals surface area contributed by atoms with Crippen LogP contribution in [0.1, 0.15) is 13.3 Å². The van der Waals surface area contributed by atoms with Crippen LogP contribution in [0.3, 0.4) is 0 Å². The predicted molar refractivity (Wildman–Crippen MR) is 69.6 cm³/mol. The first kappa shape index (κ1) is 13.8. The van der Waals surface area contributed by atoms with Crippen LogP contribution in [0.2, 0.25) is 0 Å². The molecule has 0 radical (unpaired) electrons. The molecule has 0 heterocycles. The van der Waals surface area contributed by atoms with Crippen molar-refractivity contribution >= 4 is 23.0 Å². The number of amides is 1. The Kier molecular flexibility index (Phi) is 4.91. The molecule has 0 atom stereocenters. The number of anilines is 2. The number of carbonyl (C=O) groups is 1. The largest absolute Gasteiger partial charge is 0.379 e. The van der Waals surface area contributed by atoms with Gasteiger partial charge in [-0.05, 0) is 18.6 Å². The van der Waals surface area contributed by atoms with Gasteiger partial charge in [-0.15, -0.1) is 0 Å². The third-order valence-corrected chi connectivity index (χ3v) is 2.24. The molecule has 1 rings (SSSR count). The lowest BCUT2D eigenvalue weighted by Gasteiger charge is -2.10. The van der Waals surface area contributed by atoms with Gasteiger partial charge in [0.2, 0.25) is 5.91 Å². The standard InChI is InChI=1S/C11H16N4O3/c1-2-6-13-8-4-3-5-9(11(8)15(17)18)14-7-10(12)16/h3-5,13-14H,2,6-7H2,1H3,(H2,12,16). The summed E-state index contributed by atoms with van der Waals surface area (Å²) in [6, 6.07) is 4.84. The normalized spacial score (nSPS) is 9.83. The van der Waals surface area contributed by atoms with Gasteiger partial charge in [0.15, 0.2) is 0 Å². The molecular weight excluding hydrogens is 236 g/mol. The monoisotopic (exact) mass is 252 g/mol. The van der Waals surface area contributed by atoms with Crippen molar-refractivity contribution in [2.45, 2.75) is 13.3 Å². The smallest absolute Gasteiger partial charge is 0.315 e. The summed E-state index contributed by atoms with van der Waals surface area (Å²) in [6.07, 6.45) is 0.857. The summed E-state index contributed by atoms with van der Waals surface area (Å²) in [5, 5.41) is 16.7. The zero-order chi connectivity index (χ0) is 13.5. The van der Waals surface area contributed by atoms with E-state index in [0.29, 0.717) is 12.2 Å². The average Bonchev–Trinajstić information content (AvgIpc) is 2.33. The lowest BCUT2D eigenvalue weighted by Crippen LogP contribution is -2.22. The first-order valence-electron chi connectivity index (χ1n) is 5.59. The third-order valence-electron chi connectivity index (χ3n) is 2.24. The molecule has 0 bridgehead atoms. The van der Waals surface area contributed by atoms with Gasteiger partial charge < -0.3 is 16.4 Å². The van der Waals surface area contributed by atoms with Gasteiger partial charge in [-0.2, -0.15) is 0 Å². The minimum absolute atomic E-state index is 0.0767. The second kappa shape index (κ2) is 6.43. The SMILES string of the molecule is CCCNc1cccc(NCC(N)=O)c1[N+](=O)[O-]. The molecule has 1 aromatic carbocycles. The van der Waals surface area contributed by atoms with E-state index in [1.807, 2.05) is 6.92 Å². The Morgan fingerprint density at radius 1 is 1.39 bits per heavy atom. The van der Waals surface area contributed by atoms with E-state index in [2.05, 4.69) is 10.6 Å². The first-order chi connectivity index (χ1) is 8.56.